The topological polar surface area (TPSA) is 75.4 Å². The molecule has 0 aliphatic heterocycles. The molecule has 0 aliphatic carbocycles. The monoisotopic (exact) mass is 266 g/mol. The summed E-state index contributed by atoms with van der Waals surface area (Å²) >= 11 is 1.56. The average molecular weight is 266 g/mol. The van der Waals surface area contributed by atoms with Crippen molar-refractivity contribution < 1.29 is 14.3 Å². The molecular weight excluding hydrogens is 252 g/mol. The van der Waals surface area contributed by atoms with E-state index in [-0.39, 0.29) is 0 Å². The Morgan fingerprint density at radius 2 is 2.44 bits per heavy atom. The van der Waals surface area contributed by atoms with E-state index < -0.39 is 12.0 Å². The third-order valence-corrected chi connectivity index (χ3v) is 3.43. The van der Waals surface area contributed by atoms with Crippen LogP contribution in [-0.2, 0) is 11.3 Å². The van der Waals surface area contributed by atoms with Gasteiger partial charge in [-0.1, -0.05) is 6.07 Å². The summed E-state index contributed by atoms with van der Waals surface area (Å²) in [5, 5.41) is 13.6. The molecule has 0 aromatic carbocycles. The minimum absolute atomic E-state index is 0.383. The van der Waals surface area contributed by atoms with Crippen LogP contribution in [0.1, 0.15) is 18.4 Å². The van der Waals surface area contributed by atoms with Gasteiger partial charge in [-0.15, -0.1) is 11.3 Å². The molecule has 96 valence electrons. The maximum absolute atomic E-state index is 10.7. The van der Waals surface area contributed by atoms with Crippen molar-refractivity contribution in [2.45, 2.75) is 26.4 Å². The van der Waals surface area contributed by atoms with E-state index in [1.54, 1.807) is 18.3 Å². The van der Waals surface area contributed by atoms with Gasteiger partial charge in [-0.2, -0.15) is 0 Å². The summed E-state index contributed by atoms with van der Waals surface area (Å²) in [5.41, 5.74) is 0.742. The van der Waals surface area contributed by atoms with Crippen molar-refractivity contribution >= 4 is 17.3 Å². The van der Waals surface area contributed by atoms with E-state index in [0.29, 0.717) is 18.2 Å². The van der Waals surface area contributed by atoms with Crippen LogP contribution in [0.2, 0.25) is 0 Å². The molecule has 0 amide bonds. The lowest BCUT2D eigenvalue weighted by Gasteiger charge is -2.06. The third-order valence-electron chi connectivity index (χ3n) is 2.57. The zero-order valence-electron chi connectivity index (χ0n) is 10.1. The van der Waals surface area contributed by atoms with Crippen molar-refractivity contribution in [3.63, 3.8) is 0 Å². The van der Waals surface area contributed by atoms with E-state index in [0.717, 1.165) is 10.6 Å². The summed E-state index contributed by atoms with van der Waals surface area (Å²) in [6, 6.07) is 3.27. The summed E-state index contributed by atoms with van der Waals surface area (Å²) in [4.78, 5) is 16.0. The van der Waals surface area contributed by atoms with Gasteiger partial charge in [0.25, 0.3) is 0 Å². The van der Waals surface area contributed by atoms with Crippen LogP contribution < -0.4 is 5.32 Å². The number of aryl methyl sites for hydroxylation is 1. The number of carbonyl (C=O) groups is 1. The normalized spacial score (nSPS) is 12.6. The van der Waals surface area contributed by atoms with E-state index in [1.165, 1.54) is 0 Å². The zero-order valence-corrected chi connectivity index (χ0v) is 11.0. The molecule has 6 heteroatoms. The average Bonchev–Trinajstić information content (AvgIpc) is 2.94. The van der Waals surface area contributed by atoms with Gasteiger partial charge in [0, 0.05) is 6.54 Å². The number of aliphatic carboxylic acids is 1. The molecule has 5 nitrogen and oxygen atoms in total. The van der Waals surface area contributed by atoms with Gasteiger partial charge in [0.05, 0.1) is 10.6 Å². The zero-order chi connectivity index (χ0) is 13.1. The lowest BCUT2D eigenvalue weighted by molar-refractivity contribution is -0.139. The number of hydrogen-bond donors (Lipinski definition) is 2. The maximum atomic E-state index is 10.7. The van der Waals surface area contributed by atoms with E-state index in [4.69, 9.17) is 9.52 Å². The first-order valence-corrected chi connectivity index (χ1v) is 6.42. The van der Waals surface area contributed by atoms with Crippen molar-refractivity contribution in [1.82, 2.24) is 10.3 Å². The fourth-order valence-electron chi connectivity index (χ4n) is 1.43. The molecule has 2 heterocycles. The third kappa shape index (κ3) is 2.77. The lowest BCUT2D eigenvalue weighted by atomic mass is 10.3. The van der Waals surface area contributed by atoms with Gasteiger partial charge in [-0.3, -0.25) is 10.1 Å². The van der Waals surface area contributed by atoms with E-state index in [9.17, 15) is 4.79 Å². The Morgan fingerprint density at radius 1 is 1.67 bits per heavy atom. The molecule has 1 atom stereocenters. The smallest absolute Gasteiger partial charge is 0.320 e. The molecule has 0 fully saturated rings. The van der Waals surface area contributed by atoms with Gasteiger partial charge in [0.15, 0.2) is 0 Å². The second-order valence-corrected chi connectivity index (χ2v) is 4.89. The molecule has 1 unspecified atom stereocenters. The van der Waals surface area contributed by atoms with E-state index in [2.05, 4.69) is 10.3 Å². The van der Waals surface area contributed by atoms with E-state index in [1.807, 2.05) is 24.4 Å². The summed E-state index contributed by atoms with van der Waals surface area (Å²) in [7, 11) is 0. The number of nitrogens with zero attached hydrogens (tertiary/aromatic N) is 1. The molecular formula is C12H14N2O3S. The van der Waals surface area contributed by atoms with Crippen molar-refractivity contribution in [1.29, 1.82) is 0 Å². The van der Waals surface area contributed by atoms with Crippen molar-refractivity contribution in [3.8, 4) is 10.8 Å². The fourth-order valence-corrected chi connectivity index (χ4v) is 2.08. The standard InChI is InChI=1S/C12H14N2O3S/c1-7(12(15)16)13-6-9-8(2)17-11(14-9)10-4-3-5-18-10/h3-5,7,13H,6H2,1-2H3,(H,15,16). The molecule has 2 N–H and O–H groups in total. The highest BCUT2D eigenvalue weighted by Gasteiger charge is 2.15. The minimum Gasteiger partial charge on any atom is -0.480 e. The largest absolute Gasteiger partial charge is 0.480 e. The van der Waals surface area contributed by atoms with Crippen molar-refractivity contribution in [2.75, 3.05) is 0 Å². The van der Waals surface area contributed by atoms with Crippen LogP contribution in [-0.4, -0.2) is 22.1 Å². The first-order chi connectivity index (χ1) is 8.58. The summed E-state index contributed by atoms with van der Waals surface area (Å²) in [6.07, 6.45) is 0. The number of hydrogen-bond acceptors (Lipinski definition) is 5. The highest BCUT2D eigenvalue weighted by molar-refractivity contribution is 7.13. The number of nitrogens with one attached hydrogen (secondary N) is 1. The molecule has 2 aromatic rings. The lowest BCUT2D eigenvalue weighted by Crippen LogP contribution is -2.33. The van der Waals surface area contributed by atoms with Gasteiger partial charge in [-0.05, 0) is 25.3 Å². The van der Waals surface area contributed by atoms with E-state index >= 15 is 0 Å². The Bertz CT molecular complexity index is 534. The maximum Gasteiger partial charge on any atom is 0.320 e. The first kappa shape index (κ1) is 12.8. The second kappa shape index (κ2) is 5.32. The van der Waals surface area contributed by atoms with Crippen LogP contribution in [0.4, 0.5) is 0 Å². The van der Waals surface area contributed by atoms with Crippen molar-refractivity contribution in [2.24, 2.45) is 0 Å². The predicted octanol–water partition coefficient (Wildman–Crippen LogP) is 2.27. The van der Waals surface area contributed by atoms with Crippen LogP contribution >= 0.6 is 11.3 Å². The predicted molar refractivity (Wildman–Crippen MR) is 68.5 cm³/mol. The second-order valence-electron chi connectivity index (χ2n) is 3.94. The Balaban J connectivity index is 2.08. The molecule has 2 aromatic heterocycles. The van der Waals surface area contributed by atoms with Crippen LogP contribution in [0.5, 0.6) is 0 Å². The van der Waals surface area contributed by atoms with Crippen LogP contribution in [0.15, 0.2) is 21.9 Å². The summed E-state index contributed by atoms with van der Waals surface area (Å²) < 4.78 is 5.56. The van der Waals surface area contributed by atoms with Gasteiger partial charge in [-0.25, -0.2) is 4.98 Å². The number of aromatic nitrogens is 1. The molecule has 0 radical (unpaired) electrons. The number of thiophene rings is 1. The molecule has 0 aliphatic rings. The minimum atomic E-state index is -0.880. The number of carboxylic acid groups (broad SMARTS) is 1. The quantitative estimate of drug-likeness (QED) is 0.868. The van der Waals surface area contributed by atoms with Gasteiger partial charge < -0.3 is 9.52 Å². The fraction of sp³-hybridized carbons (Fsp3) is 0.333. The molecule has 0 saturated carbocycles. The van der Waals surface area contributed by atoms with Gasteiger partial charge in [0.1, 0.15) is 11.8 Å². The van der Waals surface area contributed by atoms with Gasteiger partial charge in [0.2, 0.25) is 5.89 Å². The molecule has 0 spiro atoms. The molecule has 2 rings (SSSR count). The summed E-state index contributed by atoms with van der Waals surface area (Å²) in [5.74, 6) is 0.417. The number of rotatable bonds is 5. The Hall–Kier alpha value is -1.66. The molecule has 0 saturated heterocycles. The van der Waals surface area contributed by atoms with Crippen molar-refractivity contribution in [3.05, 3.63) is 29.0 Å². The van der Waals surface area contributed by atoms with Crippen LogP contribution in [0.25, 0.3) is 10.8 Å². The SMILES string of the molecule is Cc1oc(-c2cccs2)nc1CNC(C)C(=O)O. The van der Waals surface area contributed by atoms with Gasteiger partial charge >= 0.3 is 5.97 Å². The first-order valence-electron chi connectivity index (χ1n) is 5.54. The Kier molecular flexibility index (Phi) is 3.78. The van der Waals surface area contributed by atoms with Crippen LogP contribution in [0.3, 0.4) is 0 Å². The molecule has 18 heavy (non-hydrogen) atoms. The Morgan fingerprint density at radius 3 is 3.06 bits per heavy atom. The Labute approximate surface area is 108 Å². The van der Waals surface area contributed by atoms with Crippen LogP contribution in [0, 0.1) is 6.92 Å². The molecule has 0 bridgehead atoms. The summed E-state index contributed by atoms with van der Waals surface area (Å²) in [6.45, 7) is 3.80. The highest BCUT2D eigenvalue weighted by Crippen LogP contribution is 2.25. The number of carboxylic acids is 1. The highest BCUT2D eigenvalue weighted by atomic mass is 32.1. The number of oxazole rings is 1.